The zero-order valence-electron chi connectivity index (χ0n) is 11.1. The van der Waals surface area contributed by atoms with Crippen LogP contribution >= 0.6 is 0 Å². The summed E-state index contributed by atoms with van der Waals surface area (Å²) in [5, 5.41) is 10.8. The van der Waals surface area contributed by atoms with Crippen LogP contribution < -0.4 is 5.73 Å². The zero-order chi connectivity index (χ0) is 15.0. The number of tetrazole rings is 1. The highest BCUT2D eigenvalue weighted by molar-refractivity contribution is 7.92. The van der Waals surface area contributed by atoms with Crippen molar-refractivity contribution in [3.63, 3.8) is 0 Å². The first-order valence-corrected chi connectivity index (χ1v) is 8.22. The van der Waals surface area contributed by atoms with Crippen molar-refractivity contribution in [3.8, 4) is 11.4 Å². The normalized spacial score (nSPS) is 20.7. The fourth-order valence-electron chi connectivity index (χ4n) is 2.47. The molecule has 1 aromatic carbocycles. The van der Waals surface area contributed by atoms with Gasteiger partial charge in [0.15, 0.2) is 15.7 Å². The molecule has 2 N–H and O–H groups in total. The van der Waals surface area contributed by atoms with E-state index in [0.29, 0.717) is 24.2 Å². The van der Waals surface area contributed by atoms with Crippen LogP contribution in [0.25, 0.3) is 11.4 Å². The van der Waals surface area contributed by atoms with Gasteiger partial charge in [-0.25, -0.2) is 17.5 Å². The molecule has 9 heteroatoms. The molecule has 0 aliphatic carbocycles. The summed E-state index contributed by atoms with van der Waals surface area (Å²) < 4.78 is 38.4. The number of hydrogen-bond donors (Lipinski definition) is 1. The van der Waals surface area contributed by atoms with E-state index in [0.717, 1.165) is 0 Å². The summed E-state index contributed by atoms with van der Waals surface area (Å²) in [6.07, 6.45) is 1.27. The first-order chi connectivity index (χ1) is 9.97. The largest absolute Gasteiger partial charge is 0.396 e. The summed E-state index contributed by atoms with van der Waals surface area (Å²) in [6, 6.07) is 4.17. The van der Waals surface area contributed by atoms with E-state index in [1.54, 1.807) is 0 Å². The minimum absolute atomic E-state index is 0.00413. The van der Waals surface area contributed by atoms with E-state index in [-0.39, 0.29) is 18.0 Å². The summed E-state index contributed by atoms with van der Waals surface area (Å²) in [7, 11) is -3.08. The molecule has 0 bridgehead atoms. The topological polar surface area (TPSA) is 104 Å². The van der Waals surface area contributed by atoms with Crippen LogP contribution in [0.5, 0.6) is 0 Å². The van der Waals surface area contributed by atoms with E-state index < -0.39 is 20.9 Å². The quantitative estimate of drug-likeness (QED) is 0.834. The van der Waals surface area contributed by atoms with Crippen molar-refractivity contribution in [2.24, 2.45) is 0 Å². The molecule has 0 saturated carbocycles. The van der Waals surface area contributed by atoms with Gasteiger partial charge in [0.25, 0.3) is 0 Å². The molecular formula is C12H14FN5O2S. The number of anilines is 1. The molecule has 1 saturated heterocycles. The third kappa shape index (κ3) is 2.60. The van der Waals surface area contributed by atoms with Crippen LogP contribution in [0.15, 0.2) is 18.2 Å². The van der Waals surface area contributed by atoms with Crippen molar-refractivity contribution in [3.05, 3.63) is 24.0 Å². The van der Waals surface area contributed by atoms with Crippen molar-refractivity contribution in [2.45, 2.75) is 24.6 Å². The summed E-state index contributed by atoms with van der Waals surface area (Å²) >= 11 is 0. The Bertz CT molecular complexity index is 774. The van der Waals surface area contributed by atoms with E-state index in [9.17, 15) is 12.8 Å². The van der Waals surface area contributed by atoms with Crippen molar-refractivity contribution < 1.29 is 12.8 Å². The van der Waals surface area contributed by atoms with Gasteiger partial charge in [-0.05, 0) is 41.5 Å². The van der Waals surface area contributed by atoms with Crippen LogP contribution in [-0.2, 0) is 16.4 Å². The second-order valence-corrected chi connectivity index (χ2v) is 7.45. The maximum absolute atomic E-state index is 13.2. The number of nitrogen functional groups attached to an aromatic ring is 1. The highest BCUT2D eigenvalue weighted by Gasteiger charge is 2.32. The van der Waals surface area contributed by atoms with E-state index in [4.69, 9.17) is 5.73 Å². The van der Waals surface area contributed by atoms with Crippen LogP contribution in [0.2, 0.25) is 0 Å². The highest BCUT2D eigenvalue weighted by atomic mass is 32.2. The molecule has 1 atom stereocenters. The van der Waals surface area contributed by atoms with E-state index in [1.807, 2.05) is 0 Å². The fraction of sp³-hybridized carbons (Fsp3) is 0.417. The number of nitrogens with zero attached hydrogens (tertiary/aromatic N) is 4. The molecule has 0 radical (unpaired) electrons. The second kappa shape index (κ2) is 5.06. The smallest absolute Gasteiger partial charge is 0.182 e. The molecular weight excluding hydrogens is 297 g/mol. The standard InChI is InChI=1S/C12H14FN5O2S/c13-10-4-3-8(6-11(10)14)12-15-16-17-18(12)7-9-2-1-5-21(9,19)20/h3-4,6,9H,1-2,5,7,14H2. The van der Waals surface area contributed by atoms with E-state index in [1.165, 1.54) is 22.9 Å². The molecule has 2 aromatic rings. The molecule has 0 amide bonds. The van der Waals surface area contributed by atoms with Crippen molar-refractivity contribution in [1.82, 2.24) is 20.2 Å². The highest BCUT2D eigenvalue weighted by Crippen LogP contribution is 2.25. The molecule has 0 spiro atoms. The summed E-state index contributed by atoms with van der Waals surface area (Å²) in [4.78, 5) is 0. The Labute approximate surface area is 120 Å². The summed E-state index contributed by atoms with van der Waals surface area (Å²) in [5.41, 5.74) is 6.08. The summed E-state index contributed by atoms with van der Waals surface area (Å²) in [5.74, 6) is 0.0680. The molecule has 7 nitrogen and oxygen atoms in total. The molecule has 21 heavy (non-hydrogen) atoms. The van der Waals surface area contributed by atoms with Gasteiger partial charge in [-0.1, -0.05) is 0 Å². The molecule has 1 unspecified atom stereocenters. The number of hydrogen-bond acceptors (Lipinski definition) is 6. The third-order valence-electron chi connectivity index (χ3n) is 3.63. The van der Waals surface area contributed by atoms with Crippen molar-refractivity contribution >= 4 is 15.5 Å². The molecule has 3 rings (SSSR count). The van der Waals surface area contributed by atoms with Crippen LogP contribution in [-0.4, -0.2) is 39.6 Å². The molecule has 112 valence electrons. The lowest BCUT2D eigenvalue weighted by Gasteiger charge is -2.10. The molecule has 1 fully saturated rings. The van der Waals surface area contributed by atoms with Crippen molar-refractivity contribution in [2.75, 3.05) is 11.5 Å². The number of nitrogens with two attached hydrogens (primary N) is 1. The number of sulfone groups is 1. The van der Waals surface area contributed by atoms with E-state index >= 15 is 0 Å². The van der Waals surface area contributed by atoms with Crippen LogP contribution in [0.4, 0.5) is 10.1 Å². The summed E-state index contributed by atoms with van der Waals surface area (Å²) in [6.45, 7) is 0.196. The van der Waals surface area contributed by atoms with Crippen molar-refractivity contribution in [1.29, 1.82) is 0 Å². The first-order valence-electron chi connectivity index (χ1n) is 6.50. The average Bonchev–Trinajstić information content (AvgIpc) is 3.01. The molecule has 1 aromatic heterocycles. The van der Waals surface area contributed by atoms with Crippen LogP contribution in [0.3, 0.4) is 0 Å². The van der Waals surface area contributed by atoms with Gasteiger partial charge in [-0.15, -0.1) is 5.10 Å². The first kappa shape index (κ1) is 13.9. The van der Waals surface area contributed by atoms with Gasteiger partial charge in [0, 0.05) is 5.56 Å². The molecule has 1 aliphatic rings. The van der Waals surface area contributed by atoms with Crippen LogP contribution in [0, 0.1) is 5.82 Å². The SMILES string of the molecule is Nc1cc(-c2nnnn2CC2CCCS2(=O)=O)ccc1F. The van der Waals surface area contributed by atoms with Gasteiger partial charge in [0.05, 0.1) is 23.2 Å². The Kier molecular flexibility index (Phi) is 3.36. The Morgan fingerprint density at radius 2 is 2.24 bits per heavy atom. The lowest BCUT2D eigenvalue weighted by atomic mass is 10.2. The predicted octanol–water partition coefficient (Wildman–Crippen LogP) is 0.639. The van der Waals surface area contributed by atoms with Gasteiger partial charge in [0.2, 0.25) is 0 Å². The Balaban J connectivity index is 1.92. The fourth-order valence-corrected chi connectivity index (χ4v) is 4.27. The number of rotatable bonds is 3. The Morgan fingerprint density at radius 3 is 2.90 bits per heavy atom. The zero-order valence-corrected chi connectivity index (χ0v) is 11.9. The monoisotopic (exact) mass is 311 g/mol. The lowest BCUT2D eigenvalue weighted by Crippen LogP contribution is -2.23. The van der Waals surface area contributed by atoms with Crippen LogP contribution in [0.1, 0.15) is 12.8 Å². The van der Waals surface area contributed by atoms with E-state index in [2.05, 4.69) is 15.5 Å². The lowest BCUT2D eigenvalue weighted by molar-refractivity contribution is 0.534. The maximum atomic E-state index is 13.2. The Morgan fingerprint density at radius 1 is 1.43 bits per heavy atom. The van der Waals surface area contributed by atoms with Gasteiger partial charge >= 0.3 is 0 Å². The van der Waals surface area contributed by atoms with Gasteiger partial charge in [0.1, 0.15) is 5.82 Å². The predicted molar refractivity (Wildman–Crippen MR) is 74.4 cm³/mol. The Hall–Kier alpha value is -2.03. The average molecular weight is 311 g/mol. The number of aromatic nitrogens is 4. The molecule has 1 aliphatic heterocycles. The maximum Gasteiger partial charge on any atom is 0.182 e. The second-order valence-electron chi connectivity index (χ2n) is 5.05. The van der Waals surface area contributed by atoms with Gasteiger partial charge in [-0.2, -0.15) is 0 Å². The number of benzene rings is 1. The minimum Gasteiger partial charge on any atom is -0.396 e. The number of halogens is 1. The third-order valence-corrected chi connectivity index (χ3v) is 5.88. The minimum atomic E-state index is -3.08. The van der Waals surface area contributed by atoms with Gasteiger partial charge in [-0.3, -0.25) is 0 Å². The molecule has 2 heterocycles. The van der Waals surface area contributed by atoms with Gasteiger partial charge < -0.3 is 5.73 Å².